The molecule has 11 heavy (non-hydrogen) atoms. The smallest absolute Gasteiger partial charge is 0.225 e. The van der Waals surface area contributed by atoms with Crippen molar-refractivity contribution in [1.82, 2.24) is 0 Å². The molecule has 2 rings (SSSR count). The van der Waals surface area contributed by atoms with Crippen LogP contribution in [0.3, 0.4) is 0 Å². The summed E-state index contributed by atoms with van der Waals surface area (Å²) in [7, 11) is 0. The Balaban J connectivity index is 1.42. The maximum absolute atomic E-state index is 5.18. The van der Waals surface area contributed by atoms with Crippen molar-refractivity contribution in [2.45, 2.75) is 57.5 Å². The second-order valence-corrected chi connectivity index (χ2v) is 3.54. The molecular weight excluding hydrogens is 140 g/mol. The largest absolute Gasteiger partial charge is 0.310 e. The lowest BCUT2D eigenvalue weighted by atomic mass is 10.1. The summed E-state index contributed by atoms with van der Waals surface area (Å²) in [6.45, 7) is 2.24. The van der Waals surface area contributed by atoms with Crippen molar-refractivity contribution in [3.05, 3.63) is 0 Å². The fourth-order valence-electron chi connectivity index (χ4n) is 1.51. The fourth-order valence-corrected chi connectivity index (χ4v) is 1.51. The van der Waals surface area contributed by atoms with Crippen LogP contribution in [0.2, 0.25) is 0 Å². The van der Waals surface area contributed by atoms with E-state index in [-0.39, 0.29) is 12.1 Å². The summed E-state index contributed by atoms with van der Waals surface area (Å²) in [5.41, 5.74) is 0. The maximum Gasteiger partial charge on any atom is 0.225 e. The third-order valence-electron chi connectivity index (χ3n) is 2.49. The maximum atomic E-state index is 5.18. The third-order valence-corrected chi connectivity index (χ3v) is 2.49. The Hall–Kier alpha value is -0.0800. The number of hydrogen-bond acceptors (Lipinski definition) is 2. The van der Waals surface area contributed by atoms with Crippen molar-refractivity contribution >= 4 is 0 Å². The van der Waals surface area contributed by atoms with Gasteiger partial charge in [-0.05, 0) is 6.42 Å². The zero-order valence-electron chi connectivity index (χ0n) is 7.14. The Morgan fingerprint density at radius 1 is 1.09 bits per heavy atom. The molecular formula is C9H16O2. The highest BCUT2D eigenvalue weighted by atomic mass is 17.0. The van der Waals surface area contributed by atoms with Crippen molar-refractivity contribution < 1.29 is 9.47 Å². The highest BCUT2D eigenvalue weighted by Crippen LogP contribution is 2.59. The molecule has 0 spiro atoms. The van der Waals surface area contributed by atoms with E-state index in [0.29, 0.717) is 0 Å². The quantitative estimate of drug-likeness (QED) is 0.436. The number of unbranched alkanes of at least 4 members (excludes halogenated alkanes) is 4. The van der Waals surface area contributed by atoms with E-state index in [1.807, 2.05) is 0 Å². The van der Waals surface area contributed by atoms with Gasteiger partial charge in [-0.3, -0.25) is 0 Å². The number of hydrogen-bond donors (Lipinski definition) is 0. The second kappa shape index (κ2) is 2.76. The highest BCUT2D eigenvalue weighted by Gasteiger charge is 2.76. The molecule has 0 radical (unpaired) electrons. The molecule has 0 N–H and O–H groups in total. The van der Waals surface area contributed by atoms with Crippen LogP contribution in [-0.4, -0.2) is 12.1 Å². The normalized spacial score (nSPS) is 38.5. The molecule has 0 bridgehead atoms. The van der Waals surface area contributed by atoms with Crippen LogP contribution in [0.15, 0.2) is 0 Å². The first-order chi connectivity index (χ1) is 5.37. The molecule has 2 nitrogen and oxygen atoms in total. The van der Waals surface area contributed by atoms with Gasteiger partial charge in [0.05, 0.1) is 0 Å². The standard InChI is InChI=1S/C9H16O2/c1-2-3-4-5-6-7-9-8(10-9)11-9/h8H,2-7H2,1H3. The van der Waals surface area contributed by atoms with Gasteiger partial charge in [-0.2, -0.15) is 0 Å². The van der Waals surface area contributed by atoms with E-state index in [9.17, 15) is 0 Å². The van der Waals surface area contributed by atoms with E-state index in [1.165, 1.54) is 32.1 Å². The molecule has 0 aromatic heterocycles. The first-order valence-corrected chi connectivity index (χ1v) is 4.73. The first kappa shape index (κ1) is 7.56. The van der Waals surface area contributed by atoms with Crippen LogP contribution in [0.25, 0.3) is 0 Å². The van der Waals surface area contributed by atoms with Gasteiger partial charge >= 0.3 is 0 Å². The molecule has 2 fully saturated rings. The molecule has 2 heterocycles. The minimum absolute atomic E-state index is 0.0355. The van der Waals surface area contributed by atoms with Crippen LogP contribution in [-0.2, 0) is 9.47 Å². The molecule has 0 unspecified atom stereocenters. The van der Waals surface area contributed by atoms with Gasteiger partial charge in [-0.15, -0.1) is 0 Å². The highest BCUT2D eigenvalue weighted by molar-refractivity contribution is 5.02. The summed E-state index contributed by atoms with van der Waals surface area (Å²) in [4.78, 5) is 0. The lowest BCUT2D eigenvalue weighted by Gasteiger charge is -1.99. The Morgan fingerprint density at radius 3 is 2.27 bits per heavy atom. The van der Waals surface area contributed by atoms with Crippen LogP contribution in [0.5, 0.6) is 0 Å². The molecule has 0 amide bonds. The first-order valence-electron chi connectivity index (χ1n) is 4.73. The molecule has 0 atom stereocenters. The lowest BCUT2D eigenvalue weighted by Crippen LogP contribution is -1.97. The topological polar surface area (TPSA) is 25.1 Å². The predicted octanol–water partition coefficient (Wildman–Crippen LogP) is 2.43. The van der Waals surface area contributed by atoms with Gasteiger partial charge in [0.15, 0.2) is 0 Å². The molecule has 64 valence electrons. The van der Waals surface area contributed by atoms with Gasteiger partial charge < -0.3 is 9.47 Å². The van der Waals surface area contributed by atoms with Gasteiger partial charge in [-0.1, -0.05) is 32.6 Å². The third kappa shape index (κ3) is 1.57. The van der Waals surface area contributed by atoms with E-state index in [2.05, 4.69) is 6.92 Å². The van der Waals surface area contributed by atoms with Crippen LogP contribution < -0.4 is 0 Å². The van der Waals surface area contributed by atoms with Crippen LogP contribution in [0.1, 0.15) is 45.4 Å². The minimum Gasteiger partial charge on any atom is -0.310 e. The molecule has 0 aromatic rings. The summed E-state index contributed by atoms with van der Waals surface area (Å²) in [6, 6.07) is 0. The average molecular weight is 156 g/mol. The van der Waals surface area contributed by atoms with Gasteiger partial charge in [0.25, 0.3) is 0 Å². The van der Waals surface area contributed by atoms with E-state index < -0.39 is 0 Å². The van der Waals surface area contributed by atoms with Crippen molar-refractivity contribution in [2.24, 2.45) is 0 Å². The summed E-state index contributed by atoms with van der Waals surface area (Å²) >= 11 is 0. The number of ether oxygens (including phenoxy) is 2. The molecule has 2 aliphatic heterocycles. The number of rotatable bonds is 6. The van der Waals surface area contributed by atoms with Crippen molar-refractivity contribution in [1.29, 1.82) is 0 Å². The van der Waals surface area contributed by atoms with E-state index in [1.54, 1.807) is 0 Å². The van der Waals surface area contributed by atoms with Crippen molar-refractivity contribution in [3.63, 3.8) is 0 Å². The summed E-state index contributed by atoms with van der Waals surface area (Å²) in [5.74, 6) is -0.0355. The van der Waals surface area contributed by atoms with E-state index >= 15 is 0 Å². The van der Waals surface area contributed by atoms with Gasteiger partial charge in [0, 0.05) is 6.42 Å². The molecule has 2 saturated heterocycles. The van der Waals surface area contributed by atoms with Gasteiger partial charge in [0.1, 0.15) is 0 Å². The SMILES string of the molecule is CCCCCCCC12OC1O2. The molecule has 0 saturated carbocycles. The van der Waals surface area contributed by atoms with E-state index in [4.69, 9.17) is 9.47 Å². The van der Waals surface area contributed by atoms with E-state index in [0.717, 1.165) is 6.42 Å². The zero-order valence-corrected chi connectivity index (χ0v) is 7.14. The van der Waals surface area contributed by atoms with Crippen LogP contribution >= 0.6 is 0 Å². The number of fused-ring (bicyclic) bond motifs is 1. The van der Waals surface area contributed by atoms with Crippen molar-refractivity contribution in [2.75, 3.05) is 0 Å². The lowest BCUT2D eigenvalue weighted by molar-refractivity contribution is -0.0542. The molecule has 0 aromatic carbocycles. The minimum atomic E-state index is -0.0355. The summed E-state index contributed by atoms with van der Waals surface area (Å²) in [6.07, 6.45) is 8.02. The van der Waals surface area contributed by atoms with Crippen LogP contribution in [0, 0.1) is 0 Å². The van der Waals surface area contributed by atoms with Crippen molar-refractivity contribution in [3.8, 4) is 0 Å². The Morgan fingerprint density at radius 2 is 1.73 bits per heavy atom. The second-order valence-electron chi connectivity index (χ2n) is 3.54. The Kier molecular flexibility index (Phi) is 1.90. The summed E-state index contributed by atoms with van der Waals surface area (Å²) < 4.78 is 10.4. The van der Waals surface area contributed by atoms with Gasteiger partial charge in [-0.25, -0.2) is 0 Å². The number of epoxide rings is 2. The predicted molar refractivity (Wildman–Crippen MR) is 42.1 cm³/mol. The monoisotopic (exact) mass is 156 g/mol. The Bertz CT molecular complexity index is 138. The van der Waals surface area contributed by atoms with Gasteiger partial charge in [0.2, 0.25) is 12.1 Å². The fraction of sp³-hybridized carbons (Fsp3) is 1.00. The average Bonchev–Trinajstić information content (AvgIpc) is 2.75. The zero-order chi connectivity index (χ0) is 7.73. The molecule has 2 aliphatic rings. The summed E-state index contributed by atoms with van der Waals surface area (Å²) in [5, 5.41) is 0. The van der Waals surface area contributed by atoms with Crippen LogP contribution in [0.4, 0.5) is 0 Å². The molecule has 2 heteroatoms. The molecule has 0 aliphatic carbocycles. The Labute approximate surface area is 67.9 Å².